The van der Waals surface area contributed by atoms with Crippen molar-refractivity contribution in [3.8, 4) is 22.6 Å². The van der Waals surface area contributed by atoms with Crippen LogP contribution in [0.3, 0.4) is 0 Å². The maximum Gasteiger partial charge on any atom is 0.328 e. The lowest BCUT2D eigenvalue weighted by Gasteiger charge is -2.19. The van der Waals surface area contributed by atoms with Crippen LogP contribution in [0.15, 0.2) is 60.7 Å². The quantitative estimate of drug-likeness (QED) is 0.373. The molecule has 0 saturated heterocycles. The second-order valence-electron chi connectivity index (χ2n) is 8.45. The second-order valence-corrected chi connectivity index (χ2v) is 9.43. The first-order valence-corrected chi connectivity index (χ1v) is 13.1. The monoisotopic (exact) mass is 506 g/mol. The minimum Gasteiger partial charge on any atom is -0.467 e. The van der Waals surface area contributed by atoms with Crippen LogP contribution in [-0.4, -0.2) is 43.8 Å². The van der Waals surface area contributed by atoms with Gasteiger partial charge in [0.25, 0.3) is 5.91 Å². The number of hydrogen-bond acceptors (Lipinski definition) is 7. The maximum absolute atomic E-state index is 13.4. The molecule has 7 nitrogen and oxygen atoms in total. The van der Waals surface area contributed by atoms with Gasteiger partial charge < -0.3 is 24.8 Å². The smallest absolute Gasteiger partial charge is 0.328 e. The van der Waals surface area contributed by atoms with Crippen molar-refractivity contribution >= 4 is 29.3 Å². The first-order valence-electron chi connectivity index (χ1n) is 11.7. The highest BCUT2D eigenvalue weighted by Crippen LogP contribution is 2.34. The van der Waals surface area contributed by atoms with Gasteiger partial charge >= 0.3 is 5.97 Å². The zero-order chi connectivity index (χ0) is 25.5. The number of carbonyl (C=O) groups excluding carboxylic acids is 2. The lowest BCUT2D eigenvalue weighted by molar-refractivity contribution is -0.142. The van der Waals surface area contributed by atoms with Crippen LogP contribution >= 0.6 is 11.8 Å². The van der Waals surface area contributed by atoms with Crippen molar-refractivity contribution in [2.24, 2.45) is 0 Å². The molecule has 1 aliphatic rings. The Morgan fingerprint density at radius 3 is 2.61 bits per heavy atom. The molecule has 2 N–H and O–H groups in total. The molecule has 3 aromatic rings. The number of anilines is 1. The Balaban J connectivity index is 1.60. The summed E-state index contributed by atoms with van der Waals surface area (Å²) in [5.74, 6) is 1.43. The second kappa shape index (κ2) is 11.9. The Kier molecular flexibility index (Phi) is 8.38. The van der Waals surface area contributed by atoms with Crippen molar-refractivity contribution in [3.05, 3.63) is 77.4 Å². The number of carbonyl (C=O) groups is 2. The molecule has 0 spiro atoms. The summed E-state index contributed by atoms with van der Waals surface area (Å²) in [5.41, 5.74) is 5.26. The number of benzene rings is 3. The Hall–Kier alpha value is -3.65. The summed E-state index contributed by atoms with van der Waals surface area (Å²) in [4.78, 5) is 25.6. The minimum absolute atomic E-state index is 0.232. The van der Waals surface area contributed by atoms with E-state index < -0.39 is 12.0 Å². The molecular weight excluding hydrogens is 476 g/mol. The molecule has 1 amide bonds. The molecule has 4 rings (SSSR count). The van der Waals surface area contributed by atoms with Crippen molar-refractivity contribution in [1.82, 2.24) is 5.32 Å². The van der Waals surface area contributed by atoms with Crippen molar-refractivity contribution in [2.45, 2.75) is 25.9 Å². The molecule has 188 valence electrons. The average molecular weight is 507 g/mol. The molecule has 0 saturated carbocycles. The molecular formula is C28H30N2O5S. The van der Waals surface area contributed by atoms with E-state index in [4.69, 9.17) is 14.2 Å². The molecule has 0 bridgehead atoms. The van der Waals surface area contributed by atoms with Crippen LogP contribution in [0.2, 0.25) is 0 Å². The zero-order valence-corrected chi connectivity index (χ0v) is 21.4. The zero-order valence-electron chi connectivity index (χ0n) is 20.6. The summed E-state index contributed by atoms with van der Waals surface area (Å²) in [6.07, 6.45) is 2.46. The number of methoxy groups -OCH3 is 1. The summed E-state index contributed by atoms with van der Waals surface area (Å²) in [7, 11) is 1.33. The average Bonchev–Trinajstić information content (AvgIpc) is 3.37. The van der Waals surface area contributed by atoms with Gasteiger partial charge in [-0.15, -0.1) is 0 Å². The fraction of sp³-hybridized carbons (Fsp3) is 0.286. The highest BCUT2D eigenvalue weighted by Gasteiger charge is 2.24. The Labute approximate surface area is 215 Å². The predicted molar refractivity (Wildman–Crippen MR) is 143 cm³/mol. The van der Waals surface area contributed by atoms with E-state index in [1.165, 1.54) is 7.11 Å². The molecule has 0 aromatic heterocycles. The van der Waals surface area contributed by atoms with Crippen molar-refractivity contribution in [1.29, 1.82) is 0 Å². The van der Waals surface area contributed by atoms with Gasteiger partial charge in [0.05, 0.1) is 7.11 Å². The SMILES string of the molecule is COC(=O)C(CCSC)NC(=O)c1ccc(CNc2ccc3c(c2)OCO3)cc1-c1ccccc1C. The molecule has 0 aliphatic carbocycles. The number of nitrogens with one attached hydrogen (secondary N) is 2. The van der Waals surface area contributed by atoms with Gasteiger partial charge in [0.1, 0.15) is 6.04 Å². The highest BCUT2D eigenvalue weighted by molar-refractivity contribution is 7.98. The molecule has 1 heterocycles. The first kappa shape index (κ1) is 25.4. The molecule has 0 fully saturated rings. The van der Waals surface area contributed by atoms with E-state index in [9.17, 15) is 9.59 Å². The van der Waals surface area contributed by atoms with Crippen molar-refractivity contribution in [3.63, 3.8) is 0 Å². The molecule has 1 aliphatic heterocycles. The van der Waals surface area contributed by atoms with Crippen LogP contribution in [0.5, 0.6) is 11.5 Å². The number of amides is 1. The number of rotatable bonds is 10. The van der Waals surface area contributed by atoms with E-state index in [1.807, 2.05) is 73.8 Å². The van der Waals surface area contributed by atoms with Gasteiger partial charge in [0, 0.05) is 23.9 Å². The lowest BCUT2D eigenvalue weighted by atomic mass is 9.93. The maximum atomic E-state index is 13.4. The third-order valence-electron chi connectivity index (χ3n) is 6.03. The van der Waals surface area contributed by atoms with Crippen LogP contribution in [0.25, 0.3) is 11.1 Å². The fourth-order valence-corrected chi connectivity index (χ4v) is 4.54. The Bertz CT molecular complexity index is 1250. The fourth-order valence-electron chi connectivity index (χ4n) is 4.07. The van der Waals surface area contributed by atoms with E-state index >= 15 is 0 Å². The normalized spacial score (nSPS) is 12.6. The van der Waals surface area contributed by atoms with Gasteiger partial charge in [0.2, 0.25) is 6.79 Å². The molecule has 1 unspecified atom stereocenters. The molecule has 1 atom stereocenters. The largest absolute Gasteiger partial charge is 0.467 e. The van der Waals surface area contributed by atoms with Crippen LogP contribution in [0.1, 0.15) is 27.9 Å². The van der Waals surface area contributed by atoms with Gasteiger partial charge in [-0.2, -0.15) is 11.8 Å². The van der Waals surface area contributed by atoms with Gasteiger partial charge in [-0.1, -0.05) is 30.3 Å². The van der Waals surface area contributed by atoms with Gasteiger partial charge in [-0.25, -0.2) is 4.79 Å². The minimum atomic E-state index is -0.702. The lowest BCUT2D eigenvalue weighted by Crippen LogP contribution is -2.42. The molecule has 3 aromatic carbocycles. The number of thioether (sulfide) groups is 1. The van der Waals surface area contributed by atoms with E-state index in [2.05, 4.69) is 10.6 Å². The topological polar surface area (TPSA) is 85.9 Å². The Morgan fingerprint density at radius 2 is 1.83 bits per heavy atom. The van der Waals surface area contributed by atoms with Gasteiger partial charge in [-0.05, 0) is 71.9 Å². The van der Waals surface area contributed by atoms with E-state index in [-0.39, 0.29) is 12.7 Å². The van der Waals surface area contributed by atoms with Crippen LogP contribution in [-0.2, 0) is 16.1 Å². The summed E-state index contributed by atoms with van der Waals surface area (Å²) < 4.78 is 15.8. The highest BCUT2D eigenvalue weighted by atomic mass is 32.2. The standard InChI is InChI=1S/C28H30N2O5S/c1-18-6-4-5-7-21(18)23-14-19(16-29-20-9-11-25-26(15-20)35-17-34-25)8-10-22(23)27(31)30-24(12-13-36-3)28(32)33-2/h4-11,14-15,24,29H,12-13,16-17H2,1-3H3,(H,30,31). The Morgan fingerprint density at radius 1 is 1.03 bits per heavy atom. The van der Waals surface area contributed by atoms with E-state index in [0.29, 0.717) is 24.3 Å². The predicted octanol–water partition coefficient (Wildman–Crippen LogP) is 5.03. The van der Waals surface area contributed by atoms with Gasteiger partial charge in [0.15, 0.2) is 11.5 Å². The first-order chi connectivity index (χ1) is 17.5. The third kappa shape index (κ3) is 5.94. The van der Waals surface area contributed by atoms with Gasteiger partial charge in [-0.3, -0.25) is 4.79 Å². The molecule has 8 heteroatoms. The van der Waals surface area contributed by atoms with E-state index in [1.54, 1.807) is 11.8 Å². The van der Waals surface area contributed by atoms with Crippen LogP contribution in [0, 0.1) is 6.92 Å². The van der Waals surface area contributed by atoms with Crippen LogP contribution in [0.4, 0.5) is 5.69 Å². The number of ether oxygens (including phenoxy) is 3. The summed E-state index contributed by atoms with van der Waals surface area (Å²) >= 11 is 1.61. The third-order valence-corrected chi connectivity index (χ3v) is 6.68. The summed E-state index contributed by atoms with van der Waals surface area (Å²) in [5, 5.41) is 6.29. The number of aryl methyl sites for hydroxylation is 1. The summed E-state index contributed by atoms with van der Waals surface area (Å²) in [6, 6.07) is 18.7. The van der Waals surface area contributed by atoms with Crippen molar-refractivity contribution < 1.29 is 23.8 Å². The summed E-state index contributed by atoms with van der Waals surface area (Å²) in [6.45, 7) is 2.80. The molecule has 0 radical (unpaired) electrons. The van der Waals surface area contributed by atoms with Crippen molar-refractivity contribution in [2.75, 3.05) is 31.2 Å². The molecule has 36 heavy (non-hydrogen) atoms. The number of esters is 1. The van der Waals surface area contributed by atoms with E-state index in [0.717, 1.165) is 39.4 Å². The van der Waals surface area contributed by atoms with Crippen LogP contribution < -0.4 is 20.1 Å². The number of fused-ring (bicyclic) bond motifs is 1. The number of hydrogen-bond donors (Lipinski definition) is 2.